The van der Waals surface area contributed by atoms with E-state index in [0.29, 0.717) is 11.3 Å². The second kappa shape index (κ2) is 8.12. The Morgan fingerprint density at radius 2 is 1.29 bits per heavy atom. The summed E-state index contributed by atoms with van der Waals surface area (Å²) in [4.78, 5) is 0. The van der Waals surface area contributed by atoms with Gasteiger partial charge in [-0.1, -0.05) is 61.6 Å². The number of hydrogen-bond acceptors (Lipinski definition) is 1. The maximum atomic E-state index is 4.22. The highest BCUT2D eigenvalue weighted by Crippen LogP contribution is 2.46. The van der Waals surface area contributed by atoms with Crippen LogP contribution in [0.15, 0.2) is 12.3 Å². The van der Waals surface area contributed by atoms with Crippen LogP contribution in [-0.4, -0.2) is 27.5 Å². The predicted molar refractivity (Wildman–Crippen MR) is 105 cm³/mol. The molecule has 1 nitrogen and oxygen atoms in total. The number of hydrogen-bond donors (Lipinski definition) is 1. The van der Waals surface area contributed by atoms with Crippen molar-refractivity contribution in [3.63, 3.8) is 0 Å². The standard InChI is InChI=1S/C18H41NSi2/c1-12-17(9)19-18(20(10,11)13-2)21(14(3)4,15(5)6)16(7)8/h13-19H,2,12H2,1,3-11H3. The van der Waals surface area contributed by atoms with Crippen LogP contribution in [-0.2, 0) is 0 Å². The predicted octanol–water partition coefficient (Wildman–Crippen LogP) is 5.93. The van der Waals surface area contributed by atoms with Crippen LogP contribution in [0.4, 0.5) is 0 Å². The topological polar surface area (TPSA) is 12.0 Å². The highest BCUT2D eigenvalue weighted by Gasteiger charge is 2.53. The summed E-state index contributed by atoms with van der Waals surface area (Å²) in [6.45, 7) is 28.7. The Kier molecular flexibility index (Phi) is 8.17. The van der Waals surface area contributed by atoms with Gasteiger partial charge < -0.3 is 5.32 Å². The van der Waals surface area contributed by atoms with Crippen molar-refractivity contribution < 1.29 is 0 Å². The summed E-state index contributed by atoms with van der Waals surface area (Å²) < 4.78 is 0. The van der Waals surface area contributed by atoms with E-state index in [1.807, 2.05) is 0 Å². The van der Waals surface area contributed by atoms with Crippen LogP contribution in [0.25, 0.3) is 0 Å². The van der Waals surface area contributed by atoms with Gasteiger partial charge in [0.1, 0.15) is 0 Å². The molecule has 0 rings (SSSR count). The molecule has 0 fully saturated rings. The van der Waals surface area contributed by atoms with Crippen molar-refractivity contribution in [2.24, 2.45) is 0 Å². The van der Waals surface area contributed by atoms with Gasteiger partial charge in [-0.3, -0.25) is 0 Å². The second-order valence-corrected chi connectivity index (χ2v) is 19.6. The van der Waals surface area contributed by atoms with E-state index in [0.717, 1.165) is 16.6 Å². The molecule has 0 bridgehead atoms. The van der Waals surface area contributed by atoms with Crippen LogP contribution in [0, 0.1) is 0 Å². The van der Waals surface area contributed by atoms with E-state index in [2.05, 4.69) is 86.1 Å². The maximum absolute atomic E-state index is 4.22. The zero-order valence-electron chi connectivity index (χ0n) is 16.4. The molecule has 0 aromatic heterocycles. The zero-order chi connectivity index (χ0) is 17.0. The lowest BCUT2D eigenvalue weighted by Crippen LogP contribution is -2.71. The summed E-state index contributed by atoms with van der Waals surface area (Å²) >= 11 is 0. The van der Waals surface area contributed by atoms with Gasteiger partial charge in [0.2, 0.25) is 0 Å². The quantitative estimate of drug-likeness (QED) is 0.517. The lowest BCUT2D eigenvalue weighted by Gasteiger charge is -2.54. The Bertz CT molecular complexity index is 299. The van der Waals surface area contributed by atoms with Crippen molar-refractivity contribution in [1.29, 1.82) is 0 Å². The monoisotopic (exact) mass is 327 g/mol. The Balaban J connectivity index is 6.07. The summed E-state index contributed by atoms with van der Waals surface area (Å²) in [6.07, 6.45) is 1.21. The van der Waals surface area contributed by atoms with E-state index in [1.165, 1.54) is 6.42 Å². The maximum Gasteiger partial charge on any atom is 0.0855 e. The fraction of sp³-hybridized carbons (Fsp3) is 0.889. The summed E-state index contributed by atoms with van der Waals surface area (Å²) in [5.74, 6) is 0. The van der Waals surface area contributed by atoms with E-state index in [9.17, 15) is 0 Å². The van der Waals surface area contributed by atoms with Crippen molar-refractivity contribution in [3.05, 3.63) is 12.3 Å². The van der Waals surface area contributed by atoms with Crippen molar-refractivity contribution in [2.75, 3.05) is 0 Å². The third-order valence-corrected chi connectivity index (χ3v) is 19.4. The lowest BCUT2D eigenvalue weighted by molar-refractivity contribution is 0.536. The Labute approximate surface area is 137 Å². The molecule has 1 N–H and O–H groups in total. The van der Waals surface area contributed by atoms with Crippen LogP contribution in [0.5, 0.6) is 0 Å². The normalized spacial score (nSPS) is 16.6. The third kappa shape index (κ3) is 4.32. The fourth-order valence-corrected chi connectivity index (χ4v) is 20.6. The molecular weight excluding hydrogens is 286 g/mol. The van der Waals surface area contributed by atoms with Gasteiger partial charge in [0.25, 0.3) is 0 Å². The minimum atomic E-state index is -1.51. The molecule has 0 saturated carbocycles. The molecule has 0 aromatic rings. The molecule has 0 amide bonds. The van der Waals surface area contributed by atoms with Crippen LogP contribution in [0.3, 0.4) is 0 Å². The van der Waals surface area contributed by atoms with Crippen LogP contribution < -0.4 is 5.32 Å². The average molecular weight is 328 g/mol. The van der Waals surface area contributed by atoms with Gasteiger partial charge in [-0.15, -0.1) is 12.3 Å². The summed E-state index contributed by atoms with van der Waals surface area (Å²) in [7, 11) is -3.01. The van der Waals surface area contributed by atoms with E-state index in [1.54, 1.807) is 0 Å². The average Bonchev–Trinajstić information content (AvgIpc) is 2.36. The van der Waals surface area contributed by atoms with E-state index in [4.69, 9.17) is 0 Å². The van der Waals surface area contributed by atoms with Crippen molar-refractivity contribution in [1.82, 2.24) is 5.32 Å². The van der Waals surface area contributed by atoms with Gasteiger partial charge in [-0.25, -0.2) is 0 Å². The van der Waals surface area contributed by atoms with E-state index >= 15 is 0 Å². The Morgan fingerprint density at radius 1 is 0.905 bits per heavy atom. The molecule has 126 valence electrons. The van der Waals surface area contributed by atoms with Gasteiger partial charge in [-0.2, -0.15) is 0 Å². The van der Waals surface area contributed by atoms with Gasteiger partial charge in [0, 0.05) is 11.3 Å². The third-order valence-electron chi connectivity index (χ3n) is 5.83. The second-order valence-electron chi connectivity index (χ2n) is 8.40. The highest BCUT2D eigenvalue weighted by atomic mass is 28.4. The van der Waals surface area contributed by atoms with Gasteiger partial charge in [-0.05, 0) is 30.0 Å². The molecule has 0 aliphatic carbocycles. The first kappa shape index (κ1) is 21.1. The largest absolute Gasteiger partial charge is 0.316 e. The fourth-order valence-electron chi connectivity index (χ4n) is 4.52. The smallest absolute Gasteiger partial charge is 0.0855 e. The first-order valence-electron chi connectivity index (χ1n) is 8.87. The molecule has 21 heavy (non-hydrogen) atoms. The first-order valence-corrected chi connectivity index (χ1v) is 14.3. The Morgan fingerprint density at radius 3 is 1.52 bits per heavy atom. The highest BCUT2D eigenvalue weighted by molar-refractivity contribution is 7.02. The molecule has 0 aliphatic rings. The zero-order valence-corrected chi connectivity index (χ0v) is 18.4. The van der Waals surface area contributed by atoms with Crippen LogP contribution in [0.1, 0.15) is 61.8 Å². The molecule has 0 radical (unpaired) electrons. The molecule has 0 heterocycles. The van der Waals surface area contributed by atoms with Crippen molar-refractivity contribution in [2.45, 2.75) is 103 Å². The van der Waals surface area contributed by atoms with Gasteiger partial charge in [0.05, 0.1) is 16.1 Å². The molecule has 2 unspecified atom stereocenters. The summed E-state index contributed by atoms with van der Waals surface area (Å²) in [5, 5.41) is 4.80. The molecule has 0 aliphatic heterocycles. The minimum Gasteiger partial charge on any atom is -0.316 e. The number of rotatable bonds is 9. The SMILES string of the molecule is C=C[Si](C)(C)C(NC(C)CC)[Si](C(C)C)(C(C)C)C(C)C. The van der Waals surface area contributed by atoms with E-state index < -0.39 is 16.1 Å². The van der Waals surface area contributed by atoms with E-state index in [-0.39, 0.29) is 0 Å². The summed E-state index contributed by atoms with van der Waals surface area (Å²) in [5.41, 5.74) is 4.71. The molecule has 0 aromatic carbocycles. The molecule has 3 heteroatoms. The molecule has 0 saturated heterocycles. The van der Waals surface area contributed by atoms with Crippen LogP contribution >= 0.6 is 0 Å². The molecular formula is C18H41NSi2. The molecule has 2 atom stereocenters. The molecule has 0 spiro atoms. The van der Waals surface area contributed by atoms with Crippen molar-refractivity contribution >= 4 is 16.1 Å². The lowest BCUT2D eigenvalue weighted by atomic mass is 10.3. The summed E-state index contributed by atoms with van der Waals surface area (Å²) in [6, 6.07) is 0.602. The van der Waals surface area contributed by atoms with Gasteiger partial charge in [0.15, 0.2) is 0 Å². The minimum absolute atomic E-state index is 0.602. The van der Waals surface area contributed by atoms with Crippen LogP contribution in [0.2, 0.25) is 29.7 Å². The van der Waals surface area contributed by atoms with Gasteiger partial charge >= 0.3 is 0 Å². The number of nitrogens with one attached hydrogen (secondary N) is 1. The first-order chi connectivity index (χ1) is 9.48. The van der Waals surface area contributed by atoms with Crippen molar-refractivity contribution in [3.8, 4) is 0 Å². The Hall–Kier alpha value is 0.134.